The van der Waals surface area contributed by atoms with Crippen LogP contribution in [0.2, 0.25) is 0 Å². The van der Waals surface area contributed by atoms with Gasteiger partial charge in [-0.1, -0.05) is 26.0 Å². The van der Waals surface area contributed by atoms with E-state index in [1.165, 1.54) is 12.1 Å². The lowest BCUT2D eigenvalue weighted by Gasteiger charge is -2.15. The number of rotatable bonds is 7. The molecule has 118 valence electrons. The molecule has 1 rings (SSSR count). The standard InChI is InChI=1S/C15H23NO4S/c1-11(2)10-12(3)20-15(17)9-6-13-4-7-14(8-5-13)21(16,18)19/h4-5,7-8,11-12H,6,9-10H2,1-3H3,(H2,16,18,19). The second-order valence-electron chi connectivity index (χ2n) is 5.62. The van der Waals surface area contributed by atoms with E-state index in [1.54, 1.807) is 12.1 Å². The second-order valence-corrected chi connectivity index (χ2v) is 7.18. The molecular weight excluding hydrogens is 290 g/mol. The van der Waals surface area contributed by atoms with Gasteiger partial charge in [-0.25, -0.2) is 13.6 Å². The Morgan fingerprint density at radius 1 is 1.19 bits per heavy atom. The highest BCUT2D eigenvalue weighted by Crippen LogP contribution is 2.12. The van der Waals surface area contributed by atoms with Gasteiger partial charge in [0, 0.05) is 6.42 Å². The van der Waals surface area contributed by atoms with Crippen LogP contribution in [0.4, 0.5) is 0 Å². The van der Waals surface area contributed by atoms with E-state index in [9.17, 15) is 13.2 Å². The minimum atomic E-state index is -3.67. The number of aryl methyl sites for hydroxylation is 1. The molecule has 5 nitrogen and oxygen atoms in total. The smallest absolute Gasteiger partial charge is 0.306 e. The number of nitrogens with two attached hydrogens (primary N) is 1. The fourth-order valence-electron chi connectivity index (χ4n) is 2.09. The van der Waals surface area contributed by atoms with E-state index in [0.717, 1.165) is 12.0 Å². The largest absolute Gasteiger partial charge is 0.463 e. The monoisotopic (exact) mass is 313 g/mol. The summed E-state index contributed by atoms with van der Waals surface area (Å²) in [6, 6.07) is 6.20. The molecule has 21 heavy (non-hydrogen) atoms. The Morgan fingerprint density at radius 3 is 2.24 bits per heavy atom. The summed E-state index contributed by atoms with van der Waals surface area (Å²) in [5.74, 6) is 0.247. The predicted octanol–water partition coefficient (Wildman–Crippen LogP) is 2.24. The van der Waals surface area contributed by atoms with Crippen molar-refractivity contribution in [3.05, 3.63) is 29.8 Å². The van der Waals surface area contributed by atoms with E-state index >= 15 is 0 Å². The van der Waals surface area contributed by atoms with Gasteiger partial charge in [-0.2, -0.15) is 0 Å². The minimum Gasteiger partial charge on any atom is -0.463 e. The zero-order chi connectivity index (χ0) is 16.0. The van der Waals surface area contributed by atoms with Crippen LogP contribution >= 0.6 is 0 Å². The maximum absolute atomic E-state index is 11.7. The molecule has 0 amide bonds. The first-order chi connectivity index (χ1) is 9.68. The lowest BCUT2D eigenvalue weighted by molar-refractivity contribution is -0.148. The van der Waals surface area contributed by atoms with Crippen molar-refractivity contribution >= 4 is 16.0 Å². The first-order valence-electron chi connectivity index (χ1n) is 6.99. The number of benzene rings is 1. The Morgan fingerprint density at radius 2 is 1.76 bits per heavy atom. The maximum Gasteiger partial charge on any atom is 0.306 e. The summed E-state index contributed by atoms with van der Waals surface area (Å²) in [7, 11) is -3.67. The van der Waals surface area contributed by atoms with Gasteiger partial charge >= 0.3 is 5.97 Å². The van der Waals surface area contributed by atoms with E-state index in [1.807, 2.05) is 6.92 Å². The molecule has 1 aromatic carbocycles. The van der Waals surface area contributed by atoms with Crippen molar-refractivity contribution in [1.29, 1.82) is 0 Å². The van der Waals surface area contributed by atoms with Gasteiger partial charge in [0.05, 0.1) is 11.0 Å². The Balaban J connectivity index is 2.46. The van der Waals surface area contributed by atoms with Gasteiger partial charge < -0.3 is 4.74 Å². The summed E-state index contributed by atoms with van der Waals surface area (Å²) in [4.78, 5) is 11.8. The van der Waals surface area contributed by atoms with E-state index in [4.69, 9.17) is 9.88 Å². The maximum atomic E-state index is 11.7. The van der Waals surface area contributed by atoms with Crippen LogP contribution < -0.4 is 5.14 Å². The van der Waals surface area contributed by atoms with E-state index < -0.39 is 10.0 Å². The Bertz CT molecular complexity index is 564. The Labute approximate surface area is 126 Å². The Hall–Kier alpha value is -1.40. The highest BCUT2D eigenvalue weighted by Gasteiger charge is 2.12. The number of carbonyl (C=O) groups excluding carboxylic acids is 1. The molecule has 1 unspecified atom stereocenters. The number of sulfonamides is 1. The number of esters is 1. The Kier molecular flexibility index (Phi) is 6.36. The van der Waals surface area contributed by atoms with Crippen molar-refractivity contribution in [3.8, 4) is 0 Å². The number of hydrogen-bond donors (Lipinski definition) is 1. The normalized spacial score (nSPS) is 13.2. The zero-order valence-corrected chi connectivity index (χ0v) is 13.5. The van der Waals surface area contributed by atoms with Gasteiger partial charge in [0.2, 0.25) is 10.0 Å². The predicted molar refractivity (Wildman–Crippen MR) is 81.1 cm³/mol. The third-order valence-electron chi connectivity index (χ3n) is 3.01. The summed E-state index contributed by atoms with van der Waals surface area (Å²) in [5.41, 5.74) is 0.871. The molecule has 0 aromatic heterocycles. The van der Waals surface area contributed by atoms with Crippen LogP contribution in [0.15, 0.2) is 29.2 Å². The van der Waals surface area contributed by atoms with Crippen LogP contribution in [0, 0.1) is 5.92 Å². The van der Waals surface area contributed by atoms with Crippen molar-refractivity contribution in [2.45, 2.75) is 51.0 Å². The molecule has 0 aliphatic rings. The molecule has 0 heterocycles. The number of primary sulfonamides is 1. The highest BCUT2D eigenvalue weighted by molar-refractivity contribution is 7.89. The molecule has 0 saturated heterocycles. The van der Waals surface area contributed by atoms with Crippen molar-refractivity contribution in [3.63, 3.8) is 0 Å². The molecule has 1 atom stereocenters. The number of ether oxygens (including phenoxy) is 1. The van der Waals surface area contributed by atoms with Crippen LogP contribution in [-0.4, -0.2) is 20.5 Å². The van der Waals surface area contributed by atoms with Crippen LogP contribution in [0.5, 0.6) is 0 Å². The second kappa shape index (κ2) is 7.56. The van der Waals surface area contributed by atoms with Crippen molar-refractivity contribution in [2.24, 2.45) is 11.1 Å². The molecule has 0 radical (unpaired) electrons. The molecule has 0 spiro atoms. The first kappa shape index (κ1) is 17.7. The molecule has 0 saturated carbocycles. The van der Waals surface area contributed by atoms with E-state index in [0.29, 0.717) is 12.3 Å². The molecule has 6 heteroatoms. The third kappa shape index (κ3) is 6.73. The van der Waals surface area contributed by atoms with Crippen molar-refractivity contribution in [2.75, 3.05) is 0 Å². The van der Waals surface area contributed by atoms with Gasteiger partial charge in [-0.15, -0.1) is 0 Å². The minimum absolute atomic E-state index is 0.0689. The van der Waals surface area contributed by atoms with Crippen LogP contribution in [0.3, 0.4) is 0 Å². The molecule has 1 aromatic rings. The molecular formula is C15H23NO4S. The fourth-order valence-corrected chi connectivity index (χ4v) is 2.60. The third-order valence-corrected chi connectivity index (χ3v) is 3.93. The van der Waals surface area contributed by atoms with Crippen LogP contribution in [0.25, 0.3) is 0 Å². The SMILES string of the molecule is CC(C)CC(C)OC(=O)CCc1ccc(S(N)(=O)=O)cc1. The first-order valence-corrected chi connectivity index (χ1v) is 8.54. The van der Waals surface area contributed by atoms with Gasteiger partial charge in [-0.3, -0.25) is 4.79 Å². The summed E-state index contributed by atoms with van der Waals surface area (Å²) in [6.07, 6.45) is 1.55. The molecule has 0 bridgehead atoms. The molecule has 0 aliphatic carbocycles. The lowest BCUT2D eigenvalue weighted by atomic mass is 10.1. The van der Waals surface area contributed by atoms with E-state index in [-0.39, 0.29) is 23.4 Å². The highest BCUT2D eigenvalue weighted by atomic mass is 32.2. The van der Waals surface area contributed by atoms with Crippen LogP contribution in [0.1, 0.15) is 39.2 Å². The van der Waals surface area contributed by atoms with Gasteiger partial charge in [0.15, 0.2) is 0 Å². The van der Waals surface area contributed by atoms with Crippen molar-refractivity contribution < 1.29 is 17.9 Å². The summed E-state index contributed by atoms with van der Waals surface area (Å²) in [6.45, 7) is 6.05. The van der Waals surface area contributed by atoms with Gasteiger partial charge in [0.25, 0.3) is 0 Å². The molecule has 0 aliphatic heterocycles. The summed E-state index contributed by atoms with van der Waals surface area (Å²) < 4.78 is 27.6. The fraction of sp³-hybridized carbons (Fsp3) is 0.533. The van der Waals surface area contributed by atoms with Crippen LogP contribution in [-0.2, 0) is 26.0 Å². The lowest BCUT2D eigenvalue weighted by Crippen LogP contribution is -2.17. The van der Waals surface area contributed by atoms with Gasteiger partial charge in [-0.05, 0) is 43.4 Å². The quantitative estimate of drug-likeness (QED) is 0.782. The summed E-state index contributed by atoms with van der Waals surface area (Å²) >= 11 is 0. The topological polar surface area (TPSA) is 86.5 Å². The summed E-state index contributed by atoms with van der Waals surface area (Å²) in [5, 5.41) is 5.02. The average molecular weight is 313 g/mol. The van der Waals surface area contributed by atoms with E-state index in [2.05, 4.69) is 13.8 Å². The van der Waals surface area contributed by atoms with Crippen molar-refractivity contribution in [1.82, 2.24) is 0 Å². The average Bonchev–Trinajstić information content (AvgIpc) is 2.34. The zero-order valence-electron chi connectivity index (χ0n) is 12.7. The number of carbonyl (C=O) groups is 1. The van der Waals surface area contributed by atoms with Gasteiger partial charge in [0.1, 0.15) is 0 Å². The number of hydrogen-bond acceptors (Lipinski definition) is 4. The molecule has 2 N–H and O–H groups in total. The molecule has 0 fully saturated rings.